The fourth-order valence-corrected chi connectivity index (χ4v) is 2.95. The summed E-state index contributed by atoms with van der Waals surface area (Å²) in [6.07, 6.45) is 2.14. The molecule has 1 aliphatic heterocycles. The highest BCUT2D eigenvalue weighted by atomic mass is 15.4. The largest absolute Gasteiger partial charge is 0.344 e. The third-order valence-corrected chi connectivity index (χ3v) is 4.94. The SMILES string of the molecule is Cc1c(C)c(C)c(N2C=C(C#N)N(C)[C@@H]2C)c(C)c1C. The summed E-state index contributed by atoms with van der Waals surface area (Å²) in [6, 6.07) is 2.27. The van der Waals surface area contributed by atoms with Crippen molar-refractivity contribution in [3.63, 3.8) is 0 Å². The Hall–Kier alpha value is -1.95. The van der Waals surface area contributed by atoms with Crippen LogP contribution in [0, 0.1) is 45.9 Å². The molecular weight excluding hydrogens is 246 g/mol. The van der Waals surface area contributed by atoms with Crippen LogP contribution in [0.4, 0.5) is 5.69 Å². The monoisotopic (exact) mass is 269 g/mol. The summed E-state index contributed by atoms with van der Waals surface area (Å²) in [7, 11) is 1.97. The molecule has 1 aromatic carbocycles. The summed E-state index contributed by atoms with van der Waals surface area (Å²) in [5.74, 6) is 0. The first-order valence-corrected chi connectivity index (χ1v) is 7.01. The second-order valence-electron chi connectivity index (χ2n) is 5.75. The van der Waals surface area contributed by atoms with Gasteiger partial charge >= 0.3 is 0 Å². The van der Waals surface area contributed by atoms with Crippen LogP contribution >= 0.6 is 0 Å². The summed E-state index contributed by atoms with van der Waals surface area (Å²) in [5, 5.41) is 9.22. The third kappa shape index (κ3) is 1.87. The van der Waals surface area contributed by atoms with Crippen LogP contribution < -0.4 is 4.90 Å². The molecule has 2 rings (SSSR count). The molecule has 3 nitrogen and oxygen atoms in total. The van der Waals surface area contributed by atoms with Crippen LogP contribution in [0.2, 0.25) is 0 Å². The Morgan fingerprint density at radius 1 is 0.950 bits per heavy atom. The van der Waals surface area contributed by atoms with Crippen LogP contribution in [0.25, 0.3) is 0 Å². The van der Waals surface area contributed by atoms with Gasteiger partial charge in [-0.15, -0.1) is 0 Å². The van der Waals surface area contributed by atoms with Gasteiger partial charge in [0.05, 0.1) is 0 Å². The molecule has 106 valence electrons. The average Bonchev–Trinajstić information content (AvgIpc) is 2.71. The van der Waals surface area contributed by atoms with Gasteiger partial charge in [0.25, 0.3) is 0 Å². The van der Waals surface area contributed by atoms with Crippen LogP contribution in [0.3, 0.4) is 0 Å². The molecule has 0 fully saturated rings. The molecule has 0 spiro atoms. The maximum Gasteiger partial charge on any atom is 0.134 e. The van der Waals surface area contributed by atoms with Crippen molar-refractivity contribution in [3.05, 3.63) is 39.7 Å². The molecule has 1 heterocycles. The molecule has 0 saturated carbocycles. The van der Waals surface area contributed by atoms with Crippen molar-refractivity contribution in [3.8, 4) is 6.07 Å². The van der Waals surface area contributed by atoms with Crippen molar-refractivity contribution >= 4 is 5.69 Å². The summed E-state index contributed by atoms with van der Waals surface area (Å²) in [4.78, 5) is 4.24. The zero-order valence-corrected chi connectivity index (χ0v) is 13.5. The fraction of sp³-hybridized carbons (Fsp3) is 0.471. The molecule has 0 aromatic heterocycles. The lowest BCUT2D eigenvalue weighted by atomic mass is 9.92. The highest BCUT2D eigenvalue weighted by molar-refractivity contribution is 5.69. The highest BCUT2D eigenvalue weighted by Crippen LogP contribution is 2.37. The van der Waals surface area contributed by atoms with E-state index in [9.17, 15) is 5.26 Å². The first kappa shape index (κ1) is 14.5. The first-order chi connectivity index (χ1) is 9.31. The van der Waals surface area contributed by atoms with E-state index in [2.05, 4.69) is 52.5 Å². The second-order valence-corrected chi connectivity index (χ2v) is 5.75. The topological polar surface area (TPSA) is 30.3 Å². The maximum absolute atomic E-state index is 9.22. The van der Waals surface area contributed by atoms with E-state index in [4.69, 9.17) is 0 Å². The Morgan fingerprint density at radius 3 is 1.80 bits per heavy atom. The number of allylic oxidation sites excluding steroid dienone is 1. The van der Waals surface area contributed by atoms with Crippen molar-refractivity contribution in [1.29, 1.82) is 5.26 Å². The van der Waals surface area contributed by atoms with Gasteiger partial charge in [0, 0.05) is 18.9 Å². The van der Waals surface area contributed by atoms with Crippen LogP contribution in [0.15, 0.2) is 11.9 Å². The van der Waals surface area contributed by atoms with Crippen molar-refractivity contribution < 1.29 is 0 Å². The standard InChI is InChI=1S/C17H23N3/c1-10-11(2)13(4)17(14(5)12(10)3)20-9-16(8-18)19(7)15(20)6/h9,15H,1-7H3/t15-/m0/s1. The predicted molar refractivity (Wildman–Crippen MR) is 83.5 cm³/mol. The minimum absolute atomic E-state index is 0.170. The van der Waals surface area contributed by atoms with Crippen molar-refractivity contribution in [2.75, 3.05) is 11.9 Å². The van der Waals surface area contributed by atoms with Crippen LogP contribution in [-0.4, -0.2) is 18.1 Å². The number of nitriles is 1. The Bertz CT molecular complexity index is 606. The Balaban J connectivity index is 2.67. The van der Waals surface area contributed by atoms with E-state index >= 15 is 0 Å². The van der Waals surface area contributed by atoms with E-state index in [1.54, 1.807) is 0 Å². The van der Waals surface area contributed by atoms with Crippen molar-refractivity contribution in [2.45, 2.75) is 47.7 Å². The molecular formula is C17H23N3. The Kier molecular flexibility index (Phi) is 3.52. The predicted octanol–water partition coefficient (Wildman–Crippen LogP) is 3.69. The smallest absolute Gasteiger partial charge is 0.134 e. The summed E-state index contributed by atoms with van der Waals surface area (Å²) >= 11 is 0. The minimum atomic E-state index is 0.170. The van der Waals surface area contributed by atoms with Gasteiger partial charge < -0.3 is 9.80 Å². The molecule has 20 heavy (non-hydrogen) atoms. The van der Waals surface area contributed by atoms with Gasteiger partial charge in [-0.05, 0) is 69.4 Å². The number of anilines is 1. The van der Waals surface area contributed by atoms with Crippen LogP contribution in [0.5, 0.6) is 0 Å². The molecule has 0 amide bonds. The highest BCUT2D eigenvalue weighted by Gasteiger charge is 2.29. The van der Waals surface area contributed by atoms with Crippen LogP contribution in [0.1, 0.15) is 34.7 Å². The van der Waals surface area contributed by atoms with Gasteiger partial charge in [0.1, 0.15) is 17.9 Å². The van der Waals surface area contributed by atoms with E-state index < -0.39 is 0 Å². The van der Waals surface area contributed by atoms with Gasteiger partial charge in [-0.2, -0.15) is 5.26 Å². The summed E-state index contributed by atoms with van der Waals surface area (Å²) in [5.41, 5.74) is 8.63. The Labute approximate surface area is 122 Å². The van der Waals surface area contributed by atoms with E-state index in [0.29, 0.717) is 5.70 Å². The first-order valence-electron chi connectivity index (χ1n) is 7.01. The number of rotatable bonds is 1. The molecule has 0 unspecified atom stereocenters. The number of hydrogen-bond acceptors (Lipinski definition) is 3. The molecule has 1 aliphatic rings. The maximum atomic E-state index is 9.22. The van der Waals surface area contributed by atoms with E-state index in [-0.39, 0.29) is 6.17 Å². The van der Waals surface area contributed by atoms with Gasteiger partial charge in [0.2, 0.25) is 0 Å². The zero-order chi connectivity index (χ0) is 15.2. The lowest BCUT2D eigenvalue weighted by molar-refractivity contribution is 0.367. The lowest BCUT2D eigenvalue weighted by Crippen LogP contribution is -2.35. The normalized spacial score (nSPS) is 18.3. The molecule has 0 radical (unpaired) electrons. The molecule has 0 bridgehead atoms. The second kappa shape index (κ2) is 4.86. The van der Waals surface area contributed by atoms with E-state index in [1.807, 2.05) is 18.1 Å². The molecule has 3 heteroatoms. The minimum Gasteiger partial charge on any atom is -0.344 e. The lowest BCUT2D eigenvalue weighted by Gasteiger charge is -2.31. The van der Waals surface area contributed by atoms with E-state index in [1.165, 1.54) is 33.5 Å². The zero-order valence-electron chi connectivity index (χ0n) is 13.5. The number of hydrogen-bond donors (Lipinski definition) is 0. The van der Waals surface area contributed by atoms with Gasteiger partial charge in [-0.1, -0.05) is 0 Å². The molecule has 1 aromatic rings. The Morgan fingerprint density at radius 2 is 1.40 bits per heavy atom. The number of benzene rings is 1. The fourth-order valence-electron chi connectivity index (χ4n) is 2.95. The summed E-state index contributed by atoms with van der Waals surface area (Å²) in [6.45, 7) is 13.0. The molecule has 0 saturated heterocycles. The van der Waals surface area contributed by atoms with Crippen molar-refractivity contribution in [1.82, 2.24) is 4.90 Å². The molecule has 0 aliphatic carbocycles. The van der Waals surface area contributed by atoms with Gasteiger partial charge in [-0.25, -0.2) is 0 Å². The van der Waals surface area contributed by atoms with E-state index in [0.717, 1.165) is 0 Å². The quantitative estimate of drug-likeness (QED) is 0.779. The molecule has 1 atom stereocenters. The van der Waals surface area contributed by atoms with Gasteiger partial charge in [0.15, 0.2) is 0 Å². The average molecular weight is 269 g/mol. The van der Waals surface area contributed by atoms with Gasteiger partial charge in [-0.3, -0.25) is 0 Å². The number of nitrogens with zero attached hydrogens (tertiary/aromatic N) is 3. The molecule has 0 N–H and O–H groups in total. The van der Waals surface area contributed by atoms with Crippen molar-refractivity contribution in [2.24, 2.45) is 0 Å². The van der Waals surface area contributed by atoms with Crippen LogP contribution in [-0.2, 0) is 0 Å². The summed E-state index contributed by atoms with van der Waals surface area (Å²) < 4.78 is 0. The third-order valence-electron chi connectivity index (χ3n) is 4.94.